The van der Waals surface area contributed by atoms with Gasteiger partial charge in [0.25, 0.3) is 0 Å². The van der Waals surface area contributed by atoms with E-state index in [0.29, 0.717) is 4.90 Å². The zero-order chi connectivity index (χ0) is 11.2. The van der Waals surface area contributed by atoms with Crippen molar-refractivity contribution in [2.24, 2.45) is 0 Å². The van der Waals surface area contributed by atoms with Crippen LogP contribution in [0.3, 0.4) is 0 Å². The Morgan fingerprint density at radius 2 is 1.67 bits per heavy atom. The maximum atomic E-state index is 9.90. The van der Waals surface area contributed by atoms with Crippen LogP contribution in [0.5, 0.6) is 11.5 Å². The number of phenolic OH excluding ortho intramolecular Hbond substituents is 2. The minimum absolute atomic E-state index is 0.177. The molecule has 15 heavy (non-hydrogen) atoms. The summed E-state index contributed by atoms with van der Waals surface area (Å²) < 4.78 is 0. The molecule has 0 spiro atoms. The zero-order valence-electron chi connectivity index (χ0n) is 8.57. The fraction of sp³-hybridized carbons (Fsp3) is 0.167. The largest absolute Gasteiger partial charge is 0.508 e. The highest BCUT2D eigenvalue weighted by Crippen LogP contribution is 2.38. The highest BCUT2D eigenvalue weighted by Gasteiger charge is 2.11. The number of benzene rings is 2. The summed E-state index contributed by atoms with van der Waals surface area (Å²) in [5.74, 6) is 0.382. The second kappa shape index (κ2) is 3.35. The van der Waals surface area contributed by atoms with Gasteiger partial charge in [0.05, 0.1) is 0 Å². The highest BCUT2D eigenvalue weighted by molar-refractivity contribution is 7.80. The molecule has 0 amide bonds. The van der Waals surface area contributed by atoms with Gasteiger partial charge in [0.2, 0.25) is 0 Å². The van der Waals surface area contributed by atoms with Crippen LogP contribution < -0.4 is 0 Å². The number of rotatable bonds is 0. The van der Waals surface area contributed by atoms with E-state index in [0.717, 1.165) is 21.9 Å². The summed E-state index contributed by atoms with van der Waals surface area (Å²) in [6, 6.07) is 4.92. The van der Waals surface area contributed by atoms with E-state index in [1.165, 1.54) is 0 Å². The molecule has 0 radical (unpaired) electrons. The number of hydrogen-bond donors (Lipinski definition) is 3. The summed E-state index contributed by atoms with van der Waals surface area (Å²) in [4.78, 5) is 0.602. The van der Waals surface area contributed by atoms with Crippen molar-refractivity contribution in [3.63, 3.8) is 0 Å². The molecule has 2 aromatic rings. The Labute approximate surface area is 93.6 Å². The number of phenols is 2. The topological polar surface area (TPSA) is 40.5 Å². The van der Waals surface area contributed by atoms with Crippen molar-refractivity contribution in [1.82, 2.24) is 0 Å². The third-order valence-corrected chi connectivity index (χ3v) is 3.35. The van der Waals surface area contributed by atoms with Gasteiger partial charge in [-0.1, -0.05) is 0 Å². The average Bonchev–Trinajstić information content (AvgIpc) is 2.23. The molecule has 3 heteroatoms. The van der Waals surface area contributed by atoms with Gasteiger partial charge >= 0.3 is 0 Å². The molecule has 0 aliphatic carbocycles. The van der Waals surface area contributed by atoms with Gasteiger partial charge in [-0.15, -0.1) is 12.6 Å². The fourth-order valence-electron chi connectivity index (χ4n) is 1.73. The molecule has 0 aliphatic rings. The minimum Gasteiger partial charge on any atom is -0.508 e. The van der Waals surface area contributed by atoms with E-state index >= 15 is 0 Å². The van der Waals surface area contributed by atoms with Crippen molar-refractivity contribution in [3.05, 3.63) is 29.3 Å². The predicted octanol–water partition coefficient (Wildman–Crippen LogP) is 3.16. The number of fused-ring (bicyclic) bond motifs is 1. The van der Waals surface area contributed by atoms with Crippen molar-refractivity contribution in [2.45, 2.75) is 18.7 Å². The molecule has 0 unspecified atom stereocenters. The first kappa shape index (κ1) is 10.2. The lowest BCUT2D eigenvalue weighted by Crippen LogP contribution is -1.88. The smallest absolute Gasteiger partial charge is 0.136 e. The number of thiol groups is 1. The van der Waals surface area contributed by atoms with Crippen LogP contribution in [0.4, 0.5) is 0 Å². The predicted molar refractivity (Wildman–Crippen MR) is 64.0 cm³/mol. The molecule has 2 rings (SSSR count). The molecule has 0 aliphatic heterocycles. The molecule has 2 nitrogen and oxygen atoms in total. The van der Waals surface area contributed by atoms with Crippen molar-refractivity contribution < 1.29 is 10.2 Å². The summed E-state index contributed by atoms with van der Waals surface area (Å²) in [5.41, 5.74) is 1.97. The number of hydrogen-bond acceptors (Lipinski definition) is 3. The van der Waals surface area contributed by atoms with E-state index in [4.69, 9.17) is 0 Å². The fourth-order valence-corrected chi connectivity index (χ4v) is 2.02. The molecule has 0 aromatic heterocycles. The SMILES string of the molecule is Cc1c(S)c(O)c2ccc(O)cc2c1C. The van der Waals surface area contributed by atoms with Gasteiger partial charge in [0.15, 0.2) is 0 Å². The lowest BCUT2D eigenvalue weighted by Gasteiger charge is -2.11. The molecular formula is C12H12O2S. The first-order chi connectivity index (χ1) is 7.02. The van der Waals surface area contributed by atoms with E-state index in [2.05, 4.69) is 12.6 Å². The maximum Gasteiger partial charge on any atom is 0.136 e. The third kappa shape index (κ3) is 1.43. The molecule has 0 saturated heterocycles. The summed E-state index contributed by atoms with van der Waals surface area (Å²) >= 11 is 4.27. The van der Waals surface area contributed by atoms with Crippen molar-refractivity contribution in [1.29, 1.82) is 0 Å². The second-order valence-electron chi connectivity index (χ2n) is 3.68. The Morgan fingerprint density at radius 1 is 1.00 bits per heavy atom. The zero-order valence-corrected chi connectivity index (χ0v) is 9.47. The third-order valence-electron chi connectivity index (χ3n) is 2.80. The minimum atomic E-state index is 0.177. The standard InChI is InChI=1S/C12H12O2S/c1-6-7(2)12(15)11(14)9-4-3-8(13)5-10(6)9/h3-5,13-15H,1-2H3. The first-order valence-corrected chi connectivity index (χ1v) is 5.11. The molecular weight excluding hydrogens is 208 g/mol. The Bertz CT molecular complexity index is 547. The van der Waals surface area contributed by atoms with Crippen LogP contribution in [-0.4, -0.2) is 10.2 Å². The summed E-state index contributed by atoms with van der Waals surface area (Å²) in [7, 11) is 0. The van der Waals surface area contributed by atoms with Crippen LogP contribution in [0.25, 0.3) is 10.8 Å². The molecule has 0 fully saturated rings. The molecule has 0 saturated carbocycles. The summed E-state index contributed by atoms with van der Waals surface area (Å²) in [6.45, 7) is 3.86. The Morgan fingerprint density at radius 3 is 2.33 bits per heavy atom. The molecule has 78 valence electrons. The van der Waals surface area contributed by atoms with E-state index in [9.17, 15) is 10.2 Å². The molecule has 0 heterocycles. The Kier molecular flexibility index (Phi) is 2.27. The van der Waals surface area contributed by atoms with Crippen LogP contribution in [0, 0.1) is 13.8 Å². The molecule has 0 bridgehead atoms. The summed E-state index contributed by atoms with van der Waals surface area (Å²) in [6.07, 6.45) is 0. The van der Waals surface area contributed by atoms with Crippen LogP contribution in [0.15, 0.2) is 23.1 Å². The van der Waals surface area contributed by atoms with Crippen LogP contribution in [-0.2, 0) is 0 Å². The van der Waals surface area contributed by atoms with Gasteiger partial charge in [-0.2, -0.15) is 0 Å². The first-order valence-electron chi connectivity index (χ1n) is 4.66. The van der Waals surface area contributed by atoms with Gasteiger partial charge in [-0.05, 0) is 48.6 Å². The quantitative estimate of drug-likeness (QED) is 0.597. The van der Waals surface area contributed by atoms with Gasteiger partial charge in [-0.3, -0.25) is 0 Å². The van der Waals surface area contributed by atoms with Gasteiger partial charge in [-0.25, -0.2) is 0 Å². The normalized spacial score (nSPS) is 10.9. The number of aryl methyl sites for hydroxylation is 1. The second-order valence-corrected chi connectivity index (χ2v) is 4.12. The monoisotopic (exact) mass is 220 g/mol. The van der Waals surface area contributed by atoms with Crippen molar-refractivity contribution in [3.8, 4) is 11.5 Å². The molecule has 2 N–H and O–H groups in total. The van der Waals surface area contributed by atoms with Gasteiger partial charge in [0, 0.05) is 10.3 Å². The molecule has 2 aromatic carbocycles. The van der Waals surface area contributed by atoms with E-state index < -0.39 is 0 Å². The Balaban J connectivity index is 3.00. The van der Waals surface area contributed by atoms with Gasteiger partial charge in [0.1, 0.15) is 11.5 Å². The Hall–Kier alpha value is -1.35. The van der Waals surface area contributed by atoms with Crippen LogP contribution >= 0.6 is 12.6 Å². The van der Waals surface area contributed by atoms with Crippen LogP contribution in [0.1, 0.15) is 11.1 Å². The lowest BCUT2D eigenvalue weighted by atomic mass is 9.99. The average molecular weight is 220 g/mol. The highest BCUT2D eigenvalue weighted by atomic mass is 32.1. The maximum absolute atomic E-state index is 9.90. The number of aromatic hydroxyl groups is 2. The van der Waals surface area contributed by atoms with Crippen molar-refractivity contribution >= 4 is 23.4 Å². The molecule has 0 atom stereocenters. The summed E-state index contributed by atoms with van der Waals surface area (Å²) in [5, 5.41) is 20.9. The van der Waals surface area contributed by atoms with Gasteiger partial charge < -0.3 is 10.2 Å². The van der Waals surface area contributed by atoms with E-state index in [1.807, 2.05) is 13.8 Å². The van der Waals surface area contributed by atoms with E-state index in [1.54, 1.807) is 18.2 Å². The van der Waals surface area contributed by atoms with E-state index in [-0.39, 0.29) is 11.5 Å². The van der Waals surface area contributed by atoms with Crippen molar-refractivity contribution in [2.75, 3.05) is 0 Å². The van der Waals surface area contributed by atoms with Crippen LogP contribution in [0.2, 0.25) is 0 Å². The lowest BCUT2D eigenvalue weighted by molar-refractivity contribution is 0.467.